The highest BCUT2D eigenvalue weighted by molar-refractivity contribution is 6.05. The Kier molecular flexibility index (Phi) is 4.82. The van der Waals surface area contributed by atoms with Crippen LogP contribution in [0.15, 0.2) is 66.9 Å². The second-order valence-electron chi connectivity index (χ2n) is 7.99. The van der Waals surface area contributed by atoms with Crippen molar-refractivity contribution in [2.45, 2.75) is 31.8 Å². The van der Waals surface area contributed by atoms with Gasteiger partial charge in [0.25, 0.3) is 5.91 Å². The average Bonchev–Trinajstić information content (AvgIpc) is 3.10. The van der Waals surface area contributed by atoms with Gasteiger partial charge < -0.3 is 4.90 Å². The van der Waals surface area contributed by atoms with Crippen molar-refractivity contribution in [3.8, 4) is 11.3 Å². The molecule has 0 bridgehead atoms. The highest BCUT2D eigenvalue weighted by atomic mass is 16.2. The Labute approximate surface area is 179 Å². The summed E-state index contributed by atoms with van der Waals surface area (Å²) in [5, 5.41) is 2.33. The topological polar surface area (TPSA) is 79.4 Å². The number of hydrogen-bond acceptors (Lipinski definition) is 4. The summed E-state index contributed by atoms with van der Waals surface area (Å²) in [5.41, 5.74) is 5.63. The largest absolute Gasteiger partial charge is 0.322 e. The second-order valence-corrected chi connectivity index (χ2v) is 7.99. The van der Waals surface area contributed by atoms with Crippen molar-refractivity contribution in [2.24, 2.45) is 0 Å². The van der Waals surface area contributed by atoms with E-state index >= 15 is 0 Å². The van der Waals surface area contributed by atoms with Gasteiger partial charge in [0.1, 0.15) is 6.04 Å². The minimum Gasteiger partial charge on any atom is -0.322 e. The third kappa shape index (κ3) is 3.72. The first-order valence-corrected chi connectivity index (χ1v) is 10.4. The molecule has 1 N–H and O–H groups in total. The summed E-state index contributed by atoms with van der Waals surface area (Å²) in [6.45, 7) is 0.361. The monoisotopic (exact) mass is 411 g/mol. The third-order valence-corrected chi connectivity index (χ3v) is 5.90. The van der Waals surface area contributed by atoms with Gasteiger partial charge in [-0.1, -0.05) is 42.5 Å². The van der Waals surface area contributed by atoms with Gasteiger partial charge in [-0.05, 0) is 47.7 Å². The smallest absolute Gasteiger partial charge is 0.255 e. The van der Waals surface area contributed by atoms with E-state index in [0.717, 1.165) is 28.8 Å². The Bertz CT molecular complexity index is 1170. The van der Waals surface area contributed by atoms with E-state index in [9.17, 15) is 14.4 Å². The molecule has 3 aromatic rings. The van der Waals surface area contributed by atoms with E-state index in [1.54, 1.807) is 11.0 Å². The number of rotatable bonds is 4. The number of carbonyl (C=O) groups excluding carboxylic acids is 3. The fourth-order valence-corrected chi connectivity index (χ4v) is 4.27. The van der Waals surface area contributed by atoms with Crippen molar-refractivity contribution in [2.75, 3.05) is 0 Å². The predicted octanol–water partition coefficient (Wildman–Crippen LogP) is 3.10. The lowest BCUT2D eigenvalue weighted by atomic mass is 10.0. The first kappa shape index (κ1) is 19.2. The Morgan fingerprint density at radius 3 is 2.55 bits per heavy atom. The maximum Gasteiger partial charge on any atom is 0.255 e. The number of hydrogen-bond donors (Lipinski definition) is 1. The minimum atomic E-state index is -0.601. The SMILES string of the molecule is O=C1CCC(N2Cc3cc(-c4ccc(Cc5ccccc5)cn4)ccc3C2=O)C(=O)N1. The highest BCUT2D eigenvalue weighted by Crippen LogP contribution is 2.30. The van der Waals surface area contributed by atoms with E-state index in [1.807, 2.05) is 42.6 Å². The van der Waals surface area contributed by atoms with Crippen LogP contribution in [0.1, 0.15) is 39.9 Å². The van der Waals surface area contributed by atoms with Crippen molar-refractivity contribution in [1.82, 2.24) is 15.2 Å². The normalized spacial score (nSPS) is 18.1. The van der Waals surface area contributed by atoms with Crippen molar-refractivity contribution in [3.63, 3.8) is 0 Å². The van der Waals surface area contributed by atoms with Crippen LogP contribution in [-0.4, -0.2) is 33.6 Å². The van der Waals surface area contributed by atoms with Crippen LogP contribution in [-0.2, 0) is 22.6 Å². The van der Waals surface area contributed by atoms with Gasteiger partial charge in [-0.3, -0.25) is 24.7 Å². The molecule has 6 nitrogen and oxygen atoms in total. The molecule has 2 aliphatic rings. The number of nitrogens with one attached hydrogen (secondary N) is 1. The summed E-state index contributed by atoms with van der Waals surface area (Å²) < 4.78 is 0. The van der Waals surface area contributed by atoms with Gasteiger partial charge in [0.05, 0.1) is 5.69 Å². The number of amides is 3. The maximum atomic E-state index is 12.8. The van der Waals surface area contributed by atoms with Gasteiger partial charge in [-0.25, -0.2) is 0 Å². The van der Waals surface area contributed by atoms with E-state index in [1.165, 1.54) is 5.56 Å². The lowest BCUT2D eigenvalue weighted by molar-refractivity contribution is -0.136. The van der Waals surface area contributed by atoms with Crippen molar-refractivity contribution < 1.29 is 14.4 Å². The fraction of sp³-hybridized carbons (Fsp3) is 0.200. The molecule has 1 fully saturated rings. The summed E-state index contributed by atoms with van der Waals surface area (Å²) in [7, 11) is 0. The van der Waals surface area contributed by atoms with E-state index in [0.29, 0.717) is 18.5 Å². The van der Waals surface area contributed by atoms with Crippen LogP contribution in [0.2, 0.25) is 0 Å². The van der Waals surface area contributed by atoms with Gasteiger partial charge in [-0.2, -0.15) is 0 Å². The van der Waals surface area contributed by atoms with Crippen LogP contribution in [0.25, 0.3) is 11.3 Å². The molecule has 1 aromatic heterocycles. The minimum absolute atomic E-state index is 0.165. The molecule has 0 aliphatic carbocycles. The maximum absolute atomic E-state index is 12.8. The first-order valence-electron chi connectivity index (χ1n) is 10.4. The van der Waals surface area contributed by atoms with Gasteiger partial charge in [0.15, 0.2) is 0 Å². The zero-order valence-electron chi connectivity index (χ0n) is 16.9. The first-order chi connectivity index (χ1) is 15.1. The van der Waals surface area contributed by atoms with Gasteiger partial charge in [0, 0.05) is 30.3 Å². The second kappa shape index (κ2) is 7.80. The number of pyridine rings is 1. The van der Waals surface area contributed by atoms with Crippen LogP contribution in [0.3, 0.4) is 0 Å². The third-order valence-electron chi connectivity index (χ3n) is 5.90. The molecule has 3 heterocycles. The molecule has 1 saturated heterocycles. The van der Waals surface area contributed by atoms with Crippen LogP contribution in [0.5, 0.6) is 0 Å². The van der Waals surface area contributed by atoms with E-state index in [-0.39, 0.29) is 18.2 Å². The van der Waals surface area contributed by atoms with Crippen LogP contribution >= 0.6 is 0 Å². The summed E-state index contributed by atoms with van der Waals surface area (Å²) in [5.74, 6) is -0.843. The van der Waals surface area contributed by atoms with E-state index in [2.05, 4.69) is 28.5 Å². The molecule has 0 spiro atoms. The molecule has 2 aliphatic heterocycles. The molecular weight excluding hydrogens is 390 g/mol. The number of fused-ring (bicyclic) bond motifs is 1. The lowest BCUT2D eigenvalue weighted by Crippen LogP contribution is -2.52. The molecule has 154 valence electrons. The summed E-state index contributed by atoms with van der Waals surface area (Å²) >= 11 is 0. The lowest BCUT2D eigenvalue weighted by Gasteiger charge is -2.29. The standard InChI is InChI=1S/C25H21N3O3/c29-23-11-10-22(24(30)27-23)28-15-19-13-18(7-8-20(19)25(28)31)21-9-6-17(14-26-21)12-16-4-2-1-3-5-16/h1-9,13-14,22H,10-12,15H2,(H,27,29,30). The molecule has 5 rings (SSSR count). The molecule has 6 heteroatoms. The fourth-order valence-electron chi connectivity index (χ4n) is 4.27. The molecule has 0 saturated carbocycles. The molecule has 1 unspecified atom stereocenters. The Morgan fingerprint density at radius 1 is 0.968 bits per heavy atom. The Hall–Kier alpha value is -3.80. The number of imide groups is 1. The van der Waals surface area contributed by atoms with E-state index in [4.69, 9.17) is 0 Å². The molecule has 1 atom stereocenters. The van der Waals surface area contributed by atoms with Crippen LogP contribution < -0.4 is 5.32 Å². The molecule has 2 aromatic carbocycles. The van der Waals surface area contributed by atoms with Crippen molar-refractivity contribution in [1.29, 1.82) is 0 Å². The average molecular weight is 411 g/mol. The zero-order valence-corrected chi connectivity index (χ0v) is 16.9. The summed E-state index contributed by atoms with van der Waals surface area (Å²) in [4.78, 5) is 42.6. The number of benzene rings is 2. The highest BCUT2D eigenvalue weighted by Gasteiger charge is 2.39. The van der Waals surface area contributed by atoms with Crippen molar-refractivity contribution in [3.05, 3.63) is 89.1 Å². The van der Waals surface area contributed by atoms with Crippen LogP contribution in [0.4, 0.5) is 0 Å². The van der Waals surface area contributed by atoms with Crippen molar-refractivity contribution >= 4 is 17.7 Å². The Balaban J connectivity index is 1.34. The quantitative estimate of drug-likeness (QED) is 0.669. The number of nitrogens with zero attached hydrogens (tertiary/aromatic N) is 2. The molecule has 3 amide bonds. The van der Waals surface area contributed by atoms with Gasteiger partial charge in [-0.15, -0.1) is 0 Å². The number of carbonyl (C=O) groups is 3. The van der Waals surface area contributed by atoms with Crippen LogP contribution in [0, 0.1) is 0 Å². The number of aromatic nitrogens is 1. The van der Waals surface area contributed by atoms with Gasteiger partial charge >= 0.3 is 0 Å². The molecular formula is C25H21N3O3. The Morgan fingerprint density at radius 2 is 1.81 bits per heavy atom. The summed E-state index contributed by atoms with van der Waals surface area (Å²) in [6, 6.07) is 19.4. The van der Waals surface area contributed by atoms with Gasteiger partial charge in [0.2, 0.25) is 11.8 Å². The molecule has 0 radical (unpaired) electrons. The van der Waals surface area contributed by atoms with E-state index < -0.39 is 11.9 Å². The zero-order chi connectivity index (χ0) is 21.4. The predicted molar refractivity (Wildman–Crippen MR) is 115 cm³/mol. The molecule has 31 heavy (non-hydrogen) atoms. The summed E-state index contributed by atoms with van der Waals surface area (Å²) in [6.07, 6.45) is 3.33. The number of piperidine rings is 1.